The molecule has 0 aliphatic carbocycles. The Hall–Kier alpha value is -1.88. The predicted octanol–water partition coefficient (Wildman–Crippen LogP) is 3.66. The van der Waals surface area contributed by atoms with Gasteiger partial charge in [-0.2, -0.15) is 0 Å². The predicted molar refractivity (Wildman–Crippen MR) is 82.3 cm³/mol. The first-order valence-electron chi connectivity index (χ1n) is 7.17. The lowest BCUT2D eigenvalue weighted by Gasteiger charge is -2.30. The molecule has 1 aromatic carbocycles. The van der Waals surface area contributed by atoms with Crippen LogP contribution in [0.5, 0.6) is 0 Å². The number of hydrogen-bond acceptors (Lipinski definition) is 4. The molecule has 2 heterocycles. The van der Waals surface area contributed by atoms with Crippen LogP contribution in [0.4, 0.5) is 4.79 Å². The largest absolute Gasteiger partial charge is 0.445 e. The minimum absolute atomic E-state index is 0.207. The van der Waals surface area contributed by atoms with E-state index in [9.17, 15) is 4.79 Å². The molecule has 1 aliphatic heterocycles. The van der Waals surface area contributed by atoms with Crippen molar-refractivity contribution < 1.29 is 9.53 Å². The van der Waals surface area contributed by atoms with E-state index in [0.717, 1.165) is 31.5 Å². The van der Waals surface area contributed by atoms with Crippen molar-refractivity contribution in [1.29, 1.82) is 0 Å². The summed E-state index contributed by atoms with van der Waals surface area (Å²) in [6, 6.07) is 9.77. The Balaban J connectivity index is 1.47. The molecular formula is C16H18N2O2S. The standard InChI is InChI=1S/C16H18N2O2S/c19-16(20-11-13-4-2-1-3-5-13)18-8-6-14(7-9-18)15-10-17-12-21-15/h1-5,10,12,14H,6-9,11H2. The van der Waals surface area contributed by atoms with Crippen molar-refractivity contribution in [2.24, 2.45) is 0 Å². The van der Waals surface area contributed by atoms with E-state index in [1.54, 1.807) is 16.2 Å². The average molecular weight is 302 g/mol. The summed E-state index contributed by atoms with van der Waals surface area (Å²) in [6.07, 6.45) is 3.71. The summed E-state index contributed by atoms with van der Waals surface area (Å²) in [7, 11) is 0. The van der Waals surface area contributed by atoms with Gasteiger partial charge < -0.3 is 9.64 Å². The molecule has 0 N–H and O–H groups in total. The molecule has 1 fully saturated rings. The average Bonchev–Trinajstić information content (AvgIpc) is 3.08. The first-order valence-corrected chi connectivity index (χ1v) is 8.05. The van der Waals surface area contributed by atoms with E-state index in [1.807, 2.05) is 42.0 Å². The Morgan fingerprint density at radius 1 is 1.29 bits per heavy atom. The summed E-state index contributed by atoms with van der Waals surface area (Å²) in [4.78, 5) is 19.3. The van der Waals surface area contributed by atoms with Crippen LogP contribution in [0.25, 0.3) is 0 Å². The third-order valence-corrected chi connectivity index (χ3v) is 4.75. The minimum Gasteiger partial charge on any atom is -0.445 e. The molecule has 1 saturated heterocycles. The quantitative estimate of drug-likeness (QED) is 0.869. The summed E-state index contributed by atoms with van der Waals surface area (Å²) in [5.74, 6) is 0.538. The van der Waals surface area contributed by atoms with E-state index in [0.29, 0.717) is 12.5 Å². The molecule has 4 nitrogen and oxygen atoms in total. The molecule has 2 aromatic rings. The summed E-state index contributed by atoms with van der Waals surface area (Å²) in [5, 5.41) is 0. The number of nitrogens with zero attached hydrogens (tertiary/aromatic N) is 2. The van der Waals surface area contributed by atoms with Crippen LogP contribution in [0.2, 0.25) is 0 Å². The number of likely N-dealkylation sites (tertiary alicyclic amines) is 1. The number of carbonyl (C=O) groups is 1. The SMILES string of the molecule is O=C(OCc1ccccc1)N1CCC(c2cncs2)CC1. The van der Waals surface area contributed by atoms with Crippen LogP contribution in [0.15, 0.2) is 42.0 Å². The molecular weight excluding hydrogens is 284 g/mol. The summed E-state index contributed by atoms with van der Waals surface area (Å²) in [5.41, 5.74) is 2.89. The maximum absolute atomic E-state index is 12.1. The van der Waals surface area contributed by atoms with Crippen LogP contribution in [-0.4, -0.2) is 29.1 Å². The lowest BCUT2D eigenvalue weighted by atomic mass is 9.96. The molecule has 21 heavy (non-hydrogen) atoms. The van der Waals surface area contributed by atoms with E-state index in [2.05, 4.69) is 4.98 Å². The van der Waals surface area contributed by atoms with Crippen molar-refractivity contribution in [2.75, 3.05) is 13.1 Å². The number of ether oxygens (including phenoxy) is 1. The van der Waals surface area contributed by atoms with Gasteiger partial charge in [0.25, 0.3) is 0 Å². The van der Waals surface area contributed by atoms with Gasteiger partial charge in [-0.3, -0.25) is 4.98 Å². The number of rotatable bonds is 3. The second-order valence-electron chi connectivity index (χ2n) is 5.21. The van der Waals surface area contributed by atoms with E-state index in [4.69, 9.17) is 4.74 Å². The third-order valence-electron chi connectivity index (χ3n) is 3.81. The van der Waals surface area contributed by atoms with Gasteiger partial charge in [-0.15, -0.1) is 11.3 Å². The lowest BCUT2D eigenvalue weighted by molar-refractivity contribution is 0.0872. The first-order chi connectivity index (χ1) is 10.3. The van der Waals surface area contributed by atoms with Gasteiger partial charge in [0.1, 0.15) is 6.61 Å². The first kappa shape index (κ1) is 14.1. The second-order valence-corrected chi connectivity index (χ2v) is 6.12. The Labute approximate surface area is 128 Å². The number of benzene rings is 1. The number of piperidine rings is 1. The molecule has 1 aliphatic rings. The van der Waals surface area contributed by atoms with Crippen LogP contribution < -0.4 is 0 Å². The maximum Gasteiger partial charge on any atom is 0.410 e. The Bertz CT molecular complexity index is 563. The fourth-order valence-electron chi connectivity index (χ4n) is 2.58. The van der Waals surface area contributed by atoms with Crippen molar-refractivity contribution >= 4 is 17.4 Å². The molecule has 1 aromatic heterocycles. The van der Waals surface area contributed by atoms with Crippen LogP contribution in [0.3, 0.4) is 0 Å². The molecule has 1 amide bonds. The zero-order chi connectivity index (χ0) is 14.5. The Morgan fingerprint density at radius 3 is 2.71 bits per heavy atom. The van der Waals surface area contributed by atoms with E-state index in [-0.39, 0.29) is 6.09 Å². The summed E-state index contributed by atoms with van der Waals surface area (Å²) >= 11 is 1.70. The minimum atomic E-state index is -0.207. The van der Waals surface area contributed by atoms with E-state index < -0.39 is 0 Å². The van der Waals surface area contributed by atoms with Crippen molar-refractivity contribution in [3.05, 3.63) is 52.5 Å². The highest BCUT2D eigenvalue weighted by molar-refractivity contribution is 7.09. The Kier molecular flexibility index (Phi) is 4.50. The van der Waals surface area contributed by atoms with Gasteiger partial charge in [-0.1, -0.05) is 30.3 Å². The maximum atomic E-state index is 12.1. The van der Waals surface area contributed by atoms with Crippen LogP contribution in [0.1, 0.15) is 29.2 Å². The fourth-order valence-corrected chi connectivity index (χ4v) is 3.38. The zero-order valence-electron chi connectivity index (χ0n) is 11.8. The number of hydrogen-bond donors (Lipinski definition) is 0. The van der Waals surface area contributed by atoms with Crippen LogP contribution >= 0.6 is 11.3 Å². The molecule has 0 bridgehead atoms. The summed E-state index contributed by atoms with van der Waals surface area (Å²) < 4.78 is 5.37. The van der Waals surface area contributed by atoms with Crippen LogP contribution in [-0.2, 0) is 11.3 Å². The number of aromatic nitrogens is 1. The lowest BCUT2D eigenvalue weighted by Crippen LogP contribution is -2.38. The number of amides is 1. The highest BCUT2D eigenvalue weighted by atomic mass is 32.1. The molecule has 3 rings (SSSR count). The highest BCUT2D eigenvalue weighted by Gasteiger charge is 2.25. The van der Waals surface area contributed by atoms with Crippen molar-refractivity contribution in [1.82, 2.24) is 9.88 Å². The van der Waals surface area contributed by atoms with Gasteiger partial charge in [-0.05, 0) is 24.3 Å². The van der Waals surface area contributed by atoms with Gasteiger partial charge in [0.2, 0.25) is 0 Å². The Morgan fingerprint density at radius 2 is 2.05 bits per heavy atom. The molecule has 0 atom stereocenters. The fraction of sp³-hybridized carbons (Fsp3) is 0.375. The van der Waals surface area contributed by atoms with Crippen molar-refractivity contribution in [2.45, 2.75) is 25.4 Å². The van der Waals surface area contributed by atoms with Crippen molar-refractivity contribution in [3.8, 4) is 0 Å². The topological polar surface area (TPSA) is 42.4 Å². The number of thiazole rings is 1. The highest BCUT2D eigenvalue weighted by Crippen LogP contribution is 2.30. The zero-order valence-corrected chi connectivity index (χ0v) is 12.6. The third kappa shape index (κ3) is 3.61. The smallest absolute Gasteiger partial charge is 0.410 e. The second kappa shape index (κ2) is 6.72. The monoisotopic (exact) mass is 302 g/mol. The van der Waals surface area contributed by atoms with E-state index in [1.165, 1.54) is 4.88 Å². The van der Waals surface area contributed by atoms with Crippen LogP contribution in [0, 0.1) is 0 Å². The molecule has 0 saturated carbocycles. The van der Waals surface area contributed by atoms with Gasteiger partial charge in [0.15, 0.2) is 0 Å². The van der Waals surface area contributed by atoms with Gasteiger partial charge in [-0.25, -0.2) is 4.79 Å². The molecule has 110 valence electrons. The van der Waals surface area contributed by atoms with Gasteiger partial charge in [0, 0.05) is 24.2 Å². The normalized spacial score (nSPS) is 15.9. The van der Waals surface area contributed by atoms with E-state index >= 15 is 0 Å². The molecule has 5 heteroatoms. The van der Waals surface area contributed by atoms with Gasteiger partial charge in [0.05, 0.1) is 5.51 Å². The summed E-state index contributed by atoms with van der Waals surface area (Å²) in [6.45, 7) is 1.86. The van der Waals surface area contributed by atoms with Crippen molar-refractivity contribution in [3.63, 3.8) is 0 Å². The molecule has 0 radical (unpaired) electrons. The van der Waals surface area contributed by atoms with Gasteiger partial charge >= 0.3 is 6.09 Å². The number of carbonyl (C=O) groups excluding carboxylic acids is 1. The molecule has 0 spiro atoms. The molecule has 0 unspecified atom stereocenters.